The Hall–Kier alpha value is -2.47. The molecule has 5 heteroatoms. The van der Waals surface area contributed by atoms with Crippen molar-refractivity contribution in [3.63, 3.8) is 0 Å². The van der Waals surface area contributed by atoms with E-state index in [2.05, 4.69) is 98.0 Å². The van der Waals surface area contributed by atoms with E-state index in [1.165, 1.54) is 17.1 Å². The van der Waals surface area contributed by atoms with Crippen LogP contribution in [0.3, 0.4) is 0 Å². The van der Waals surface area contributed by atoms with Gasteiger partial charge in [-0.15, -0.1) is 0 Å². The summed E-state index contributed by atoms with van der Waals surface area (Å²) in [5.41, 5.74) is 3.76. The van der Waals surface area contributed by atoms with Gasteiger partial charge in [0.15, 0.2) is 0 Å². The van der Waals surface area contributed by atoms with Gasteiger partial charge in [-0.1, -0.05) is 54.6 Å². The molecule has 0 spiro atoms. The molecule has 3 rings (SSSR count). The molecule has 3 aromatic carbocycles. The Morgan fingerprint density at radius 2 is 0.840 bits per heavy atom. The molecule has 0 amide bonds. The molecule has 0 unspecified atom stereocenters. The fourth-order valence-electron chi connectivity index (χ4n) is 2.63. The second kappa shape index (κ2) is 8.07. The second-order valence-corrected chi connectivity index (χ2v) is 7.21. The lowest BCUT2D eigenvalue weighted by molar-refractivity contribution is 0.490. The normalized spacial score (nSPS) is 11.3. The highest BCUT2D eigenvalue weighted by molar-refractivity contribution is 7.85. The van der Waals surface area contributed by atoms with Crippen LogP contribution in [0.1, 0.15) is 0 Å². The van der Waals surface area contributed by atoms with Gasteiger partial charge in [-0.2, -0.15) is 8.42 Å². The van der Waals surface area contributed by atoms with Crippen LogP contribution in [-0.4, -0.2) is 26.3 Å². The first-order valence-electron chi connectivity index (χ1n) is 7.77. The molecule has 0 fully saturated rings. The fourth-order valence-corrected chi connectivity index (χ4v) is 2.63. The molecule has 0 atom stereocenters. The van der Waals surface area contributed by atoms with Crippen molar-refractivity contribution in [3.05, 3.63) is 91.0 Å². The van der Waals surface area contributed by atoms with E-state index in [9.17, 15) is 8.42 Å². The molecule has 0 heterocycles. The van der Waals surface area contributed by atoms with Crippen LogP contribution >= 0.6 is 0 Å². The fraction of sp³-hybridized carbons (Fsp3) is 0.100. The van der Waals surface area contributed by atoms with E-state index in [-0.39, 0.29) is 0 Å². The quantitative estimate of drug-likeness (QED) is 0.542. The number of para-hydroxylation sites is 3. The number of nitrogens with zero attached hydrogens (tertiary/aromatic N) is 1. The van der Waals surface area contributed by atoms with Crippen LogP contribution in [0.2, 0.25) is 0 Å². The maximum absolute atomic E-state index is 9.19. The molecule has 1 N–H and O–H groups in total. The van der Waals surface area contributed by atoms with E-state index < -0.39 is 10.1 Å². The van der Waals surface area contributed by atoms with E-state index in [4.69, 9.17) is 4.55 Å². The molecule has 130 valence electrons. The van der Waals surface area contributed by atoms with Gasteiger partial charge in [-0.25, -0.2) is 4.48 Å². The molecule has 0 saturated heterocycles. The van der Waals surface area contributed by atoms with Crippen molar-refractivity contribution >= 4 is 27.2 Å². The predicted octanol–water partition coefficient (Wildman–Crippen LogP) is 4.79. The van der Waals surface area contributed by atoms with Crippen molar-refractivity contribution in [1.82, 2.24) is 4.48 Å². The van der Waals surface area contributed by atoms with Gasteiger partial charge < -0.3 is 0 Å². The molecule has 0 aliphatic carbocycles. The van der Waals surface area contributed by atoms with Crippen molar-refractivity contribution < 1.29 is 13.0 Å². The van der Waals surface area contributed by atoms with Crippen molar-refractivity contribution in [2.24, 2.45) is 0 Å². The molecule has 0 aliphatic heterocycles. The summed E-state index contributed by atoms with van der Waals surface area (Å²) in [6, 6.07) is 31.8. The molecule has 0 aliphatic rings. The first-order chi connectivity index (χ1) is 11.8. The zero-order valence-electron chi connectivity index (χ0n) is 14.3. The smallest absolute Gasteiger partial charge is 0.261 e. The maximum Gasteiger partial charge on any atom is 0.261 e. The summed E-state index contributed by atoms with van der Waals surface area (Å²) in [7, 11) is -1.43. The maximum atomic E-state index is 9.19. The van der Waals surface area contributed by atoms with Crippen LogP contribution in [0, 0.1) is 0 Å². The first-order valence-corrected chi connectivity index (χ1v) is 9.62. The molecular weight excluding hydrogens is 334 g/mol. The Morgan fingerprint density at radius 3 is 1.04 bits per heavy atom. The van der Waals surface area contributed by atoms with Crippen molar-refractivity contribution in [1.29, 1.82) is 0 Å². The number of quaternary nitrogens is 1. The third kappa shape index (κ3) is 5.26. The highest BCUT2D eigenvalue weighted by Crippen LogP contribution is 2.41. The number of hydrogen-bond donors (Lipinski definition) is 1. The Morgan fingerprint density at radius 1 is 0.640 bits per heavy atom. The summed E-state index contributed by atoms with van der Waals surface area (Å²) < 4.78 is 26.5. The molecule has 0 aromatic heterocycles. The first kappa shape index (κ1) is 18.9. The van der Waals surface area contributed by atoms with Crippen molar-refractivity contribution in [2.45, 2.75) is 0 Å². The van der Waals surface area contributed by atoms with E-state index in [1.54, 1.807) is 0 Å². The number of rotatable bonds is 3. The second-order valence-electron chi connectivity index (χ2n) is 5.75. The summed E-state index contributed by atoms with van der Waals surface area (Å²) in [6.45, 7) is 0. The van der Waals surface area contributed by atoms with Gasteiger partial charge in [0.25, 0.3) is 10.1 Å². The zero-order chi connectivity index (χ0) is 18.3. The minimum atomic E-state index is -3.67. The van der Waals surface area contributed by atoms with Gasteiger partial charge in [0.2, 0.25) is 0 Å². The topological polar surface area (TPSA) is 54.4 Å². The van der Waals surface area contributed by atoms with Crippen molar-refractivity contribution in [3.8, 4) is 0 Å². The summed E-state index contributed by atoms with van der Waals surface area (Å²) in [5, 5.41) is 0. The summed E-state index contributed by atoms with van der Waals surface area (Å²) >= 11 is 0. The van der Waals surface area contributed by atoms with Crippen LogP contribution in [0.25, 0.3) is 0 Å². The van der Waals surface area contributed by atoms with Gasteiger partial charge in [0.1, 0.15) is 17.1 Å². The molecule has 0 saturated carbocycles. The predicted molar refractivity (Wildman–Crippen MR) is 104 cm³/mol. The van der Waals surface area contributed by atoms with Crippen LogP contribution in [0.4, 0.5) is 17.1 Å². The highest BCUT2D eigenvalue weighted by atomic mass is 32.2. The monoisotopic (exact) mass is 356 g/mol. The minimum absolute atomic E-state index is 0.669. The third-order valence-electron chi connectivity index (χ3n) is 3.82. The number of benzene rings is 3. The van der Waals surface area contributed by atoms with Gasteiger partial charge >= 0.3 is 0 Å². The van der Waals surface area contributed by atoms with Gasteiger partial charge in [-0.05, 0) is 36.4 Å². The molecule has 4 nitrogen and oxygen atoms in total. The van der Waals surface area contributed by atoms with Gasteiger partial charge in [0.05, 0.1) is 13.3 Å². The molecular formula is C20H22NO3S+. The standard InChI is InChI=1S/C19H18N.CH4O3S/c1-20(17-11-5-2-6-12-17,18-13-7-3-8-14-18)19-15-9-4-10-16-19;1-5(2,3)4/h2-16H,1H3;1H3,(H,2,3,4)/q+1;. The van der Waals surface area contributed by atoms with Crippen LogP contribution in [0.15, 0.2) is 91.0 Å². The average Bonchev–Trinajstić information content (AvgIpc) is 2.62. The zero-order valence-corrected chi connectivity index (χ0v) is 15.1. The lowest BCUT2D eigenvalue weighted by atomic mass is 10.1. The minimum Gasteiger partial charge on any atom is -0.286 e. The Labute approximate surface area is 149 Å². The Balaban J connectivity index is 0.000000399. The Kier molecular flexibility index (Phi) is 6.09. The largest absolute Gasteiger partial charge is 0.286 e. The van der Waals surface area contributed by atoms with Crippen molar-refractivity contribution in [2.75, 3.05) is 13.3 Å². The van der Waals surface area contributed by atoms with Gasteiger partial charge in [0, 0.05) is 0 Å². The summed E-state index contributed by atoms with van der Waals surface area (Å²) in [5.74, 6) is 0. The molecule has 25 heavy (non-hydrogen) atoms. The van der Waals surface area contributed by atoms with Crippen LogP contribution in [0.5, 0.6) is 0 Å². The van der Waals surface area contributed by atoms with E-state index in [1.807, 2.05) is 0 Å². The SMILES string of the molecule is CS(=O)(=O)O.C[N+](c1ccccc1)(c1ccccc1)c1ccccc1. The highest BCUT2D eigenvalue weighted by Gasteiger charge is 2.30. The average molecular weight is 356 g/mol. The lowest BCUT2D eigenvalue weighted by Crippen LogP contribution is -2.33. The van der Waals surface area contributed by atoms with E-state index >= 15 is 0 Å². The van der Waals surface area contributed by atoms with Crippen LogP contribution < -0.4 is 4.48 Å². The molecule has 0 radical (unpaired) electrons. The summed E-state index contributed by atoms with van der Waals surface area (Å²) in [4.78, 5) is 0. The summed E-state index contributed by atoms with van der Waals surface area (Å²) in [6.07, 6.45) is 0.715. The van der Waals surface area contributed by atoms with Gasteiger partial charge in [-0.3, -0.25) is 4.55 Å². The van der Waals surface area contributed by atoms with Crippen LogP contribution in [-0.2, 0) is 10.1 Å². The number of hydrogen-bond acceptors (Lipinski definition) is 2. The molecule has 3 aromatic rings. The third-order valence-corrected chi connectivity index (χ3v) is 3.82. The van der Waals surface area contributed by atoms with E-state index in [0.717, 1.165) is 0 Å². The lowest BCUT2D eigenvalue weighted by Gasteiger charge is -2.33. The Bertz CT molecular complexity index is 775. The van der Waals surface area contributed by atoms with E-state index in [0.29, 0.717) is 10.7 Å². The molecule has 0 bridgehead atoms.